The molecule has 96 valence electrons. The minimum atomic E-state index is -0.00748. The van der Waals surface area contributed by atoms with E-state index >= 15 is 0 Å². The number of hydrogen-bond donors (Lipinski definition) is 1. The van der Waals surface area contributed by atoms with Crippen LogP contribution in [0.1, 0.15) is 38.1 Å². The fourth-order valence-corrected chi connectivity index (χ4v) is 1.97. The fourth-order valence-electron chi connectivity index (χ4n) is 1.97. The maximum atomic E-state index is 5.91. The highest BCUT2D eigenvalue weighted by atomic mass is 16.4. The van der Waals surface area contributed by atoms with Gasteiger partial charge in [-0.15, -0.1) is 0 Å². The zero-order valence-electron chi connectivity index (χ0n) is 11.3. The highest BCUT2D eigenvalue weighted by Gasteiger charge is 2.23. The van der Waals surface area contributed by atoms with E-state index in [-0.39, 0.29) is 5.41 Å². The lowest BCUT2D eigenvalue weighted by Crippen LogP contribution is -2.42. The SMILES string of the molecule is Cc1nc(C(C)(C)C)oc1CN1CCNCC1. The monoisotopic (exact) mass is 237 g/mol. The highest BCUT2D eigenvalue weighted by molar-refractivity contribution is 5.11. The third-order valence-electron chi connectivity index (χ3n) is 3.11. The van der Waals surface area contributed by atoms with Crippen LogP contribution in [0.15, 0.2) is 4.42 Å². The van der Waals surface area contributed by atoms with Gasteiger partial charge in [0.25, 0.3) is 0 Å². The van der Waals surface area contributed by atoms with Crippen LogP contribution in [0.25, 0.3) is 0 Å². The van der Waals surface area contributed by atoms with Crippen LogP contribution in [0.4, 0.5) is 0 Å². The van der Waals surface area contributed by atoms with Crippen molar-refractivity contribution in [3.05, 3.63) is 17.3 Å². The molecule has 1 aliphatic heterocycles. The second-order valence-corrected chi connectivity index (χ2v) is 5.80. The van der Waals surface area contributed by atoms with Crippen molar-refractivity contribution in [2.45, 2.75) is 39.7 Å². The lowest BCUT2D eigenvalue weighted by atomic mass is 9.97. The van der Waals surface area contributed by atoms with Crippen LogP contribution in [-0.4, -0.2) is 36.1 Å². The van der Waals surface area contributed by atoms with Crippen LogP contribution < -0.4 is 5.32 Å². The Kier molecular flexibility index (Phi) is 3.54. The molecule has 0 bridgehead atoms. The predicted molar refractivity (Wildman–Crippen MR) is 68.1 cm³/mol. The van der Waals surface area contributed by atoms with Crippen LogP contribution in [-0.2, 0) is 12.0 Å². The Hall–Kier alpha value is -0.870. The number of aryl methyl sites for hydroxylation is 1. The zero-order valence-corrected chi connectivity index (χ0v) is 11.3. The Morgan fingerprint density at radius 2 is 1.94 bits per heavy atom. The molecule has 2 heterocycles. The van der Waals surface area contributed by atoms with Crippen molar-refractivity contribution in [1.82, 2.24) is 15.2 Å². The van der Waals surface area contributed by atoms with Gasteiger partial charge in [-0.2, -0.15) is 0 Å². The number of oxazole rings is 1. The first-order valence-corrected chi connectivity index (χ1v) is 6.36. The quantitative estimate of drug-likeness (QED) is 0.850. The standard InChI is InChI=1S/C13H23N3O/c1-10-11(9-16-7-5-14-6-8-16)17-12(15-10)13(2,3)4/h14H,5-9H2,1-4H3. The van der Waals surface area contributed by atoms with Gasteiger partial charge in [-0.1, -0.05) is 20.8 Å². The minimum Gasteiger partial charge on any atom is -0.443 e. The first-order valence-electron chi connectivity index (χ1n) is 6.36. The maximum Gasteiger partial charge on any atom is 0.200 e. The zero-order chi connectivity index (χ0) is 12.5. The molecule has 1 N–H and O–H groups in total. The largest absolute Gasteiger partial charge is 0.443 e. The lowest BCUT2D eigenvalue weighted by molar-refractivity contribution is 0.211. The van der Waals surface area contributed by atoms with Crippen LogP contribution in [0.2, 0.25) is 0 Å². The van der Waals surface area contributed by atoms with Crippen molar-refractivity contribution in [3.8, 4) is 0 Å². The summed E-state index contributed by atoms with van der Waals surface area (Å²) in [6.07, 6.45) is 0. The average Bonchev–Trinajstić information content (AvgIpc) is 2.62. The molecule has 2 rings (SSSR count). The molecule has 0 atom stereocenters. The molecule has 1 aliphatic rings. The van der Waals surface area contributed by atoms with Gasteiger partial charge < -0.3 is 9.73 Å². The smallest absolute Gasteiger partial charge is 0.200 e. The topological polar surface area (TPSA) is 41.3 Å². The van der Waals surface area contributed by atoms with Crippen molar-refractivity contribution in [3.63, 3.8) is 0 Å². The Labute approximate surface area is 103 Å². The minimum absolute atomic E-state index is 0.00748. The number of nitrogens with one attached hydrogen (secondary N) is 1. The van der Waals surface area contributed by atoms with E-state index in [2.05, 4.69) is 36.0 Å². The molecule has 0 spiro atoms. The Balaban J connectivity index is 2.07. The fraction of sp³-hybridized carbons (Fsp3) is 0.769. The van der Waals surface area contributed by atoms with Crippen molar-refractivity contribution in [2.24, 2.45) is 0 Å². The molecule has 0 radical (unpaired) electrons. The van der Waals surface area contributed by atoms with Crippen molar-refractivity contribution < 1.29 is 4.42 Å². The van der Waals surface area contributed by atoms with E-state index in [0.717, 1.165) is 50.1 Å². The van der Waals surface area contributed by atoms with Crippen LogP contribution >= 0.6 is 0 Å². The molecular weight excluding hydrogens is 214 g/mol. The van der Waals surface area contributed by atoms with Crippen molar-refractivity contribution in [2.75, 3.05) is 26.2 Å². The third kappa shape index (κ3) is 3.07. The third-order valence-corrected chi connectivity index (χ3v) is 3.11. The van der Waals surface area contributed by atoms with E-state index in [4.69, 9.17) is 4.42 Å². The number of aromatic nitrogens is 1. The Morgan fingerprint density at radius 1 is 1.29 bits per heavy atom. The molecule has 4 heteroatoms. The molecule has 0 aromatic carbocycles. The highest BCUT2D eigenvalue weighted by Crippen LogP contribution is 2.24. The van der Waals surface area contributed by atoms with E-state index in [1.807, 2.05) is 6.92 Å². The second-order valence-electron chi connectivity index (χ2n) is 5.80. The molecule has 0 unspecified atom stereocenters. The van der Waals surface area contributed by atoms with E-state index < -0.39 is 0 Å². The summed E-state index contributed by atoms with van der Waals surface area (Å²) >= 11 is 0. The molecule has 1 fully saturated rings. The second kappa shape index (κ2) is 4.78. The van der Waals surface area contributed by atoms with Gasteiger partial charge in [0.1, 0.15) is 5.76 Å². The summed E-state index contributed by atoms with van der Waals surface area (Å²) in [7, 11) is 0. The molecule has 1 aromatic heterocycles. The summed E-state index contributed by atoms with van der Waals surface area (Å²) in [6, 6.07) is 0. The molecule has 0 saturated carbocycles. The summed E-state index contributed by atoms with van der Waals surface area (Å²) in [5.74, 6) is 1.87. The molecule has 0 aliphatic carbocycles. The summed E-state index contributed by atoms with van der Waals surface area (Å²) in [6.45, 7) is 13.6. The van der Waals surface area contributed by atoms with E-state index in [1.165, 1.54) is 0 Å². The first-order chi connectivity index (χ1) is 7.97. The summed E-state index contributed by atoms with van der Waals surface area (Å²) in [5, 5.41) is 3.36. The Morgan fingerprint density at radius 3 is 2.47 bits per heavy atom. The number of hydrogen-bond acceptors (Lipinski definition) is 4. The van der Waals surface area contributed by atoms with Crippen molar-refractivity contribution in [1.29, 1.82) is 0 Å². The summed E-state index contributed by atoms with van der Waals surface area (Å²) in [5.41, 5.74) is 1.03. The van der Waals surface area contributed by atoms with E-state index in [9.17, 15) is 0 Å². The van der Waals surface area contributed by atoms with Gasteiger partial charge in [0.15, 0.2) is 5.89 Å². The van der Waals surface area contributed by atoms with Gasteiger partial charge in [-0.05, 0) is 6.92 Å². The predicted octanol–water partition coefficient (Wildman–Crippen LogP) is 1.69. The van der Waals surface area contributed by atoms with E-state index in [0.29, 0.717) is 0 Å². The molecule has 1 saturated heterocycles. The normalized spacial score (nSPS) is 18.6. The van der Waals surface area contributed by atoms with Crippen LogP contribution in [0.3, 0.4) is 0 Å². The summed E-state index contributed by atoms with van der Waals surface area (Å²) in [4.78, 5) is 6.95. The van der Waals surface area contributed by atoms with Gasteiger partial charge in [0.2, 0.25) is 0 Å². The number of nitrogens with zero attached hydrogens (tertiary/aromatic N) is 2. The van der Waals surface area contributed by atoms with Gasteiger partial charge in [-0.25, -0.2) is 4.98 Å². The molecular formula is C13H23N3O. The van der Waals surface area contributed by atoms with Gasteiger partial charge in [0, 0.05) is 31.6 Å². The number of piperazine rings is 1. The molecule has 4 nitrogen and oxygen atoms in total. The van der Waals surface area contributed by atoms with Gasteiger partial charge >= 0.3 is 0 Å². The molecule has 17 heavy (non-hydrogen) atoms. The van der Waals surface area contributed by atoms with Gasteiger partial charge in [0.05, 0.1) is 12.2 Å². The van der Waals surface area contributed by atoms with Crippen LogP contribution in [0, 0.1) is 6.92 Å². The van der Waals surface area contributed by atoms with Crippen LogP contribution in [0.5, 0.6) is 0 Å². The van der Waals surface area contributed by atoms with Gasteiger partial charge in [-0.3, -0.25) is 4.90 Å². The summed E-state index contributed by atoms with van der Waals surface area (Å²) < 4.78 is 5.91. The Bertz CT molecular complexity index is 373. The first kappa shape index (κ1) is 12.6. The number of rotatable bonds is 2. The van der Waals surface area contributed by atoms with Crippen molar-refractivity contribution >= 4 is 0 Å². The molecule has 1 aromatic rings. The average molecular weight is 237 g/mol. The van der Waals surface area contributed by atoms with E-state index in [1.54, 1.807) is 0 Å². The molecule has 0 amide bonds. The lowest BCUT2D eigenvalue weighted by Gasteiger charge is -2.26. The maximum absolute atomic E-state index is 5.91.